The van der Waals surface area contributed by atoms with Crippen LogP contribution >= 0.6 is 23.3 Å². The van der Waals surface area contributed by atoms with Gasteiger partial charge in [0.15, 0.2) is 11.4 Å². The highest BCUT2D eigenvalue weighted by molar-refractivity contribution is 8.00. The van der Waals surface area contributed by atoms with E-state index in [4.69, 9.17) is 11.5 Å². The number of carboxylic acid groups (broad SMARTS) is 1. The van der Waals surface area contributed by atoms with Crippen LogP contribution in [0.5, 0.6) is 0 Å². The van der Waals surface area contributed by atoms with Crippen molar-refractivity contribution >= 4 is 52.2 Å². The molecule has 4 rings (SSSR count). The second kappa shape index (κ2) is 12.5. The summed E-state index contributed by atoms with van der Waals surface area (Å²) in [6.45, 7) is 1.76. The number of rotatable bonds is 12. The Morgan fingerprint density at radius 1 is 1.43 bits per heavy atom. The predicted octanol–water partition coefficient (Wildman–Crippen LogP) is -1.91. The Morgan fingerprint density at radius 3 is 2.97 bits per heavy atom. The minimum absolute atomic E-state index is 0.0854. The number of aromatic nitrogens is 2. The average Bonchev–Trinajstić information content (AvgIpc) is 3.50. The predicted molar refractivity (Wildman–Crippen MR) is 136 cm³/mol. The summed E-state index contributed by atoms with van der Waals surface area (Å²) >= 11 is 2.33. The lowest BCUT2D eigenvalue weighted by molar-refractivity contribution is -0.135. The number of amides is 1. The minimum Gasteiger partial charge on any atom is -0.477 e. The van der Waals surface area contributed by atoms with Gasteiger partial charge in [0.2, 0.25) is 11.5 Å². The van der Waals surface area contributed by atoms with Gasteiger partial charge in [-0.25, -0.2) is 9.18 Å². The molecule has 0 radical (unpaired) electrons. The average molecular weight is 558 g/mol. The van der Waals surface area contributed by atoms with Gasteiger partial charge >= 0.3 is 5.97 Å². The van der Waals surface area contributed by atoms with Gasteiger partial charge in [-0.2, -0.15) is 14.5 Å². The van der Waals surface area contributed by atoms with Crippen molar-refractivity contribution in [1.29, 1.82) is 0 Å². The van der Waals surface area contributed by atoms with Crippen molar-refractivity contribution in [1.82, 2.24) is 35.2 Å². The topological polar surface area (TPSA) is 209 Å². The number of carboxylic acids is 1. The van der Waals surface area contributed by atoms with Crippen LogP contribution in [-0.2, 0) is 14.4 Å². The number of carbonyl (C=O) groups is 2. The molecule has 2 fully saturated rings. The molecule has 3 aliphatic rings. The molecular formula is C19H28FN11O4S2. The fraction of sp³-hybridized carbons (Fsp3) is 0.579. The lowest BCUT2D eigenvalue weighted by Crippen LogP contribution is -2.67. The number of nitrogens with zero attached hydrogens (tertiary/aromatic N) is 6. The summed E-state index contributed by atoms with van der Waals surface area (Å²) < 4.78 is 16.4. The van der Waals surface area contributed by atoms with E-state index < -0.39 is 24.8 Å². The molecule has 0 bridgehead atoms. The van der Waals surface area contributed by atoms with Crippen LogP contribution < -0.4 is 27.4 Å². The second-order valence-corrected chi connectivity index (χ2v) is 10.00. The standard InChI is InChI=1S/C19H28FN11O4S2/c20-9-35-28-12(14-27-18(22)37-29-14)15(32)26-11-7-30-13(17(33)34)10(8-36-16(11)30)6-25-31-5-4-24-19(31)23-3-1-2-21/h6,11,16,19,23-24H,1-5,7-9,21H2,(H,26,32)(H,33,34)(H2,22,27,29)/b25-6+,28-12+. The lowest BCUT2D eigenvalue weighted by atomic mass is 10.0. The number of nitrogens with two attached hydrogens (primary N) is 2. The van der Waals surface area contributed by atoms with Crippen molar-refractivity contribution in [2.75, 3.05) is 51.1 Å². The number of carbonyl (C=O) groups excluding carboxylic acids is 1. The number of hydrogen-bond acceptors (Lipinski definition) is 15. The van der Waals surface area contributed by atoms with E-state index in [1.165, 1.54) is 11.8 Å². The van der Waals surface area contributed by atoms with Crippen molar-refractivity contribution in [2.45, 2.75) is 24.1 Å². The molecule has 2 saturated heterocycles. The van der Waals surface area contributed by atoms with E-state index in [2.05, 4.69) is 40.4 Å². The number of halogens is 1. The first-order chi connectivity index (χ1) is 17.9. The largest absolute Gasteiger partial charge is 0.477 e. The number of alkyl halides is 1. The summed E-state index contributed by atoms with van der Waals surface area (Å²) in [5.74, 6) is -1.45. The molecule has 1 aromatic rings. The van der Waals surface area contributed by atoms with Crippen LogP contribution in [0, 0.1) is 0 Å². The molecule has 4 heterocycles. The number of nitrogen functional groups attached to an aromatic ring is 1. The van der Waals surface area contributed by atoms with Gasteiger partial charge in [-0.1, -0.05) is 5.16 Å². The van der Waals surface area contributed by atoms with Crippen molar-refractivity contribution in [2.24, 2.45) is 16.0 Å². The normalized spacial score (nSPS) is 23.8. The summed E-state index contributed by atoms with van der Waals surface area (Å²) in [6.07, 6.45) is 2.27. The van der Waals surface area contributed by atoms with Gasteiger partial charge in [0.25, 0.3) is 12.8 Å². The summed E-state index contributed by atoms with van der Waals surface area (Å²) in [5, 5.41) is 28.9. The van der Waals surface area contributed by atoms with E-state index in [-0.39, 0.29) is 40.6 Å². The van der Waals surface area contributed by atoms with Crippen LogP contribution in [0.1, 0.15) is 12.2 Å². The Balaban J connectivity index is 1.41. The van der Waals surface area contributed by atoms with E-state index in [0.29, 0.717) is 24.4 Å². The smallest absolute Gasteiger partial charge is 0.352 e. The number of aliphatic carboxylic acids is 1. The second-order valence-electron chi connectivity index (χ2n) is 8.11. The highest BCUT2D eigenvalue weighted by Crippen LogP contribution is 2.39. The highest BCUT2D eigenvalue weighted by Gasteiger charge is 2.47. The molecule has 37 heavy (non-hydrogen) atoms. The Morgan fingerprint density at radius 2 is 2.27 bits per heavy atom. The van der Waals surface area contributed by atoms with Crippen LogP contribution in [0.15, 0.2) is 21.5 Å². The lowest BCUT2D eigenvalue weighted by Gasteiger charge is -2.51. The number of fused-ring (bicyclic) bond motifs is 1. The van der Waals surface area contributed by atoms with Crippen LogP contribution in [0.4, 0.5) is 9.52 Å². The van der Waals surface area contributed by atoms with Crippen molar-refractivity contribution in [3.8, 4) is 0 Å². The van der Waals surface area contributed by atoms with Crippen LogP contribution in [0.25, 0.3) is 0 Å². The van der Waals surface area contributed by atoms with Crippen molar-refractivity contribution < 1.29 is 23.9 Å². The Hall–Kier alpha value is -3.06. The first-order valence-corrected chi connectivity index (χ1v) is 13.2. The molecule has 0 aliphatic carbocycles. The van der Waals surface area contributed by atoms with Crippen molar-refractivity contribution in [3.05, 3.63) is 17.1 Å². The van der Waals surface area contributed by atoms with Gasteiger partial charge in [-0.05, 0) is 19.5 Å². The molecule has 15 nitrogen and oxygen atoms in total. The molecule has 18 heteroatoms. The molecule has 0 saturated carbocycles. The van der Waals surface area contributed by atoms with E-state index in [1.807, 2.05) is 5.01 Å². The third kappa shape index (κ3) is 6.27. The van der Waals surface area contributed by atoms with E-state index in [0.717, 1.165) is 31.0 Å². The molecule has 3 aliphatic heterocycles. The SMILES string of the molecule is NCCCNC1NCCN1/N=C/C1=C(C(=O)O)N2CC(NC(=O)/C(=N/OCF)c3nsc(N)n3)C2SC1. The van der Waals surface area contributed by atoms with Gasteiger partial charge in [0.1, 0.15) is 5.70 Å². The number of anilines is 1. The Kier molecular flexibility index (Phi) is 9.09. The van der Waals surface area contributed by atoms with Crippen LogP contribution in [-0.4, -0.2) is 111 Å². The maximum atomic E-state index is 12.8. The summed E-state index contributed by atoms with van der Waals surface area (Å²) in [7, 11) is 0. The third-order valence-electron chi connectivity index (χ3n) is 5.70. The van der Waals surface area contributed by atoms with Gasteiger partial charge in [-0.3, -0.25) is 20.4 Å². The van der Waals surface area contributed by atoms with E-state index in [9.17, 15) is 19.1 Å². The van der Waals surface area contributed by atoms with E-state index >= 15 is 0 Å². The first-order valence-electron chi connectivity index (χ1n) is 11.4. The van der Waals surface area contributed by atoms with Gasteiger partial charge in [0, 0.05) is 35.9 Å². The molecule has 1 aromatic heterocycles. The monoisotopic (exact) mass is 557 g/mol. The molecule has 202 valence electrons. The first kappa shape index (κ1) is 27.0. The van der Waals surface area contributed by atoms with Gasteiger partial charge in [-0.15, -0.1) is 11.8 Å². The fourth-order valence-electron chi connectivity index (χ4n) is 3.99. The Labute approximate surface area is 219 Å². The molecule has 3 atom stereocenters. The van der Waals surface area contributed by atoms with Gasteiger partial charge < -0.3 is 31.6 Å². The number of thioether (sulfide) groups is 1. The molecule has 3 unspecified atom stereocenters. The number of hydrogen-bond donors (Lipinski definition) is 6. The van der Waals surface area contributed by atoms with Crippen molar-refractivity contribution in [3.63, 3.8) is 0 Å². The maximum absolute atomic E-state index is 12.8. The zero-order valence-corrected chi connectivity index (χ0v) is 21.3. The van der Waals surface area contributed by atoms with E-state index in [1.54, 1.807) is 11.1 Å². The maximum Gasteiger partial charge on any atom is 0.352 e. The summed E-state index contributed by atoms with van der Waals surface area (Å²) in [5.41, 5.74) is 11.5. The summed E-state index contributed by atoms with van der Waals surface area (Å²) in [4.78, 5) is 35.0. The third-order valence-corrected chi connectivity index (χ3v) is 7.64. The zero-order valence-electron chi connectivity index (χ0n) is 19.7. The quantitative estimate of drug-likeness (QED) is 0.0943. The molecule has 1 amide bonds. The summed E-state index contributed by atoms with van der Waals surface area (Å²) in [6, 6.07) is -0.393. The zero-order chi connectivity index (χ0) is 26.4. The van der Waals surface area contributed by atoms with Crippen LogP contribution in [0.2, 0.25) is 0 Å². The number of nitrogens with one attached hydrogen (secondary N) is 3. The molecule has 8 N–H and O–H groups in total. The minimum atomic E-state index is -1.23. The van der Waals surface area contributed by atoms with Crippen LogP contribution in [0.3, 0.4) is 0 Å². The number of oxime groups is 1. The molecular weight excluding hydrogens is 529 g/mol. The van der Waals surface area contributed by atoms with Gasteiger partial charge in [0.05, 0.1) is 24.2 Å². The number of hydrazone groups is 1. The molecule has 0 spiro atoms. The highest BCUT2D eigenvalue weighted by atomic mass is 32.2. The fourth-order valence-corrected chi connectivity index (χ4v) is 5.75. The Bertz CT molecular complexity index is 1080. The molecule has 0 aromatic carbocycles.